The first-order valence-corrected chi connectivity index (χ1v) is 9.08. The van der Waals surface area contributed by atoms with Crippen LogP contribution in [0.2, 0.25) is 0 Å². The second-order valence-electron chi connectivity index (χ2n) is 5.63. The molecule has 1 unspecified atom stereocenters. The Morgan fingerprint density at radius 2 is 1.80 bits per heavy atom. The molecule has 0 radical (unpaired) electrons. The van der Waals surface area contributed by atoms with E-state index < -0.39 is 39.5 Å². The fraction of sp³-hybridized carbons (Fsp3) is 0.400. The van der Waals surface area contributed by atoms with Gasteiger partial charge in [-0.1, -0.05) is 0 Å². The van der Waals surface area contributed by atoms with E-state index in [-0.39, 0.29) is 23.6 Å². The minimum Gasteiger partial charge on any atom is -0.355 e. The van der Waals surface area contributed by atoms with Gasteiger partial charge in [0.1, 0.15) is 11.9 Å². The van der Waals surface area contributed by atoms with Gasteiger partial charge in [0.25, 0.3) is 5.91 Å². The van der Waals surface area contributed by atoms with Crippen LogP contribution in [-0.2, 0) is 19.4 Å². The predicted molar refractivity (Wildman–Crippen MR) is 85.8 cm³/mol. The second kappa shape index (κ2) is 7.18. The Balaban J connectivity index is 1.87. The third-order valence-corrected chi connectivity index (χ3v) is 5.65. The van der Waals surface area contributed by atoms with Gasteiger partial charge in [0.2, 0.25) is 5.91 Å². The Morgan fingerprint density at radius 3 is 2.32 bits per heavy atom. The lowest BCUT2D eigenvalue weighted by atomic mass is 10.2. The molecule has 1 aliphatic rings. The van der Waals surface area contributed by atoms with Crippen molar-refractivity contribution in [2.75, 3.05) is 26.4 Å². The van der Waals surface area contributed by atoms with Crippen molar-refractivity contribution in [2.24, 2.45) is 0 Å². The zero-order valence-electron chi connectivity index (χ0n) is 13.7. The molecule has 1 heterocycles. The van der Waals surface area contributed by atoms with Crippen molar-refractivity contribution in [3.05, 3.63) is 30.1 Å². The third-order valence-electron chi connectivity index (χ3n) is 3.92. The van der Waals surface area contributed by atoms with Crippen LogP contribution in [0.4, 0.5) is 9.18 Å². The first-order valence-electron chi connectivity index (χ1n) is 7.43. The van der Waals surface area contributed by atoms with Crippen molar-refractivity contribution in [3.8, 4) is 0 Å². The van der Waals surface area contributed by atoms with Crippen LogP contribution >= 0.6 is 0 Å². The number of hydrogen-bond acceptors (Lipinski definition) is 5. The molecule has 25 heavy (non-hydrogen) atoms. The molecule has 8 nitrogen and oxygen atoms in total. The van der Waals surface area contributed by atoms with E-state index in [1.54, 1.807) is 0 Å². The summed E-state index contributed by atoms with van der Waals surface area (Å²) in [6, 6.07) is 2.99. The van der Waals surface area contributed by atoms with Gasteiger partial charge in [-0.25, -0.2) is 17.6 Å². The maximum Gasteiger partial charge on any atom is 0.326 e. The van der Waals surface area contributed by atoms with E-state index in [2.05, 4.69) is 5.32 Å². The molecular weight excluding hydrogens is 353 g/mol. The summed E-state index contributed by atoms with van der Waals surface area (Å²) in [5.41, 5.74) is 0. The van der Waals surface area contributed by atoms with E-state index in [9.17, 15) is 27.2 Å². The number of imide groups is 1. The molecule has 1 fully saturated rings. The van der Waals surface area contributed by atoms with Crippen molar-refractivity contribution in [1.29, 1.82) is 0 Å². The van der Waals surface area contributed by atoms with E-state index in [1.807, 2.05) is 0 Å². The molecule has 1 aromatic rings. The largest absolute Gasteiger partial charge is 0.355 e. The molecule has 0 bridgehead atoms. The van der Waals surface area contributed by atoms with Gasteiger partial charge < -0.3 is 10.2 Å². The second-order valence-corrected chi connectivity index (χ2v) is 7.74. The highest BCUT2D eigenvalue weighted by Crippen LogP contribution is 2.16. The van der Waals surface area contributed by atoms with E-state index >= 15 is 0 Å². The molecule has 0 spiro atoms. The normalized spacial score (nSPS) is 18.0. The summed E-state index contributed by atoms with van der Waals surface area (Å²) in [6.07, 6.45) is -0.248. The minimum atomic E-state index is -3.66. The SMILES string of the molecule is CN1C(=O)C(CC(=O)NCCS(=O)(=O)c2ccc(F)cc2)N(C)C1=O. The lowest BCUT2D eigenvalue weighted by Gasteiger charge is -2.15. The smallest absolute Gasteiger partial charge is 0.326 e. The molecule has 0 aromatic heterocycles. The van der Waals surface area contributed by atoms with E-state index in [0.29, 0.717) is 0 Å². The zero-order valence-corrected chi connectivity index (χ0v) is 14.5. The molecule has 1 N–H and O–H groups in total. The number of nitrogens with one attached hydrogen (secondary N) is 1. The van der Waals surface area contributed by atoms with Crippen molar-refractivity contribution < 1.29 is 27.2 Å². The van der Waals surface area contributed by atoms with Gasteiger partial charge in [-0.15, -0.1) is 0 Å². The number of rotatable bonds is 6. The molecule has 1 aromatic carbocycles. The van der Waals surface area contributed by atoms with Crippen molar-refractivity contribution in [3.63, 3.8) is 0 Å². The van der Waals surface area contributed by atoms with Gasteiger partial charge in [0.05, 0.1) is 17.1 Å². The lowest BCUT2D eigenvalue weighted by Crippen LogP contribution is -2.38. The fourth-order valence-corrected chi connectivity index (χ4v) is 3.57. The first-order chi connectivity index (χ1) is 11.6. The average molecular weight is 371 g/mol. The molecule has 10 heteroatoms. The first kappa shape index (κ1) is 18.8. The number of carbonyl (C=O) groups excluding carboxylic acids is 3. The summed E-state index contributed by atoms with van der Waals surface area (Å²) >= 11 is 0. The highest BCUT2D eigenvalue weighted by Gasteiger charge is 2.41. The van der Waals surface area contributed by atoms with Gasteiger partial charge in [0.15, 0.2) is 9.84 Å². The molecule has 0 saturated carbocycles. The van der Waals surface area contributed by atoms with Crippen molar-refractivity contribution in [1.82, 2.24) is 15.1 Å². The number of urea groups is 1. The molecule has 1 atom stereocenters. The number of sulfone groups is 1. The number of amides is 4. The standard InChI is InChI=1S/C15H18FN3O5S/c1-18-12(14(21)19(2)15(18)22)9-13(20)17-7-8-25(23,24)11-5-3-10(16)4-6-11/h3-6,12H,7-9H2,1-2H3,(H,17,20). The summed E-state index contributed by atoms with van der Waals surface area (Å²) in [7, 11) is -0.915. The Hall–Kier alpha value is -2.49. The summed E-state index contributed by atoms with van der Waals surface area (Å²) < 4.78 is 37.0. The number of likely N-dealkylation sites (N-methyl/N-ethyl adjacent to an activating group) is 2. The highest BCUT2D eigenvalue weighted by molar-refractivity contribution is 7.91. The van der Waals surface area contributed by atoms with Gasteiger partial charge in [-0.2, -0.15) is 0 Å². The van der Waals surface area contributed by atoms with Gasteiger partial charge >= 0.3 is 6.03 Å². The van der Waals surface area contributed by atoms with Crippen LogP contribution in [0.5, 0.6) is 0 Å². The molecule has 1 saturated heterocycles. The zero-order chi connectivity index (χ0) is 18.8. The molecule has 0 aliphatic carbocycles. The van der Waals surface area contributed by atoms with Crippen LogP contribution in [-0.4, -0.2) is 68.5 Å². The van der Waals surface area contributed by atoms with Crippen LogP contribution in [0.3, 0.4) is 0 Å². The summed E-state index contributed by atoms with van der Waals surface area (Å²) in [4.78, 5) is 37.4. The Bertz CT molecular complexity index is 794. The average Bonchev–Trinajstić information content (AvgIpc) is 2.73. The quantitative estimate of drug-likeness (QED) is 0.560. The van der Waals surface area contributed by atoms with Crippen molar-refractivity contribution >= 4 is 27.7 Å². The molecule has 136 valence electrons. The maximum absolute atomic E-state index is 12.8. The number of hydrogen-bond donors (Lipinski definition) is 1. The Morgan fingerprint density at radius 1 is 1.20 bits per heavy atom. The van der Waals surface area contributed by atoms with Crippen LogP contribution in [0.15, 0.2) is 29.2 Å². The molecule has 2 rings (SSSR count). The molecule has 1 aliphatic heterocycles. The Kier molecular flexibility index (Phi) is 5.41. The number of benzene rings is 1. The summed E-state index contributed by atoms with van der Waals surface area (Å²) in [5.74, 6) is -1.93. The highest BCUT2D eigenvalue weighted by atomic mass is 32.2. The fourth-order valence-electron chi connectivity index (χ4n) is 2.41. The topological polar surface area (TPSA) is 104 Å². The summed E-state index contributed by atoms with van der Waals surface area (Å²) in [5, 5.41) is 2.42. The monoisotopic (exact) mass is 371 g/mol. The lowest BCUT2D eigenvalue weighted by molar-refractivity contribution is -0.131. The van der Waals surface area contributed by atoms with Gasteiger partial charge in [-0.05, 0) is 24.3 Å². The molecular formula is C15H18FN3O5S. The maximum atomic E-state index is 12.8. The van der Waals surface area contributed by atoms with Gasteiger partial charge in [-0.3, -0.25) is 14.5 Å². The number of halogens is 1. The predicted octanol–water partition coefficient (Wildman–Crippen LogP) is -0.00190. The Labute approximate surface area is 144 Å². The van der Waals surface area contributed by atoms with E-state index in [0.717, 1.165) is 34.1 Å². The third kappa shape index (κ3) is 4.13. The summed E-state index contributed by atoms with van der Waals surface area (Å²) in [6.45, 7) is -0.160. The minimum absolute atomic E-state index is 0.0407. The van der Waals surface area contributed by atoms with Crippen LogP contribution in [0.1, 0.15) is 6.42 Å². The van der Waals surface area contributed by atoms with Crippen LogP contribution < -0.4 is 5.32 Å². The number of nitrogens with zero attached hydrogens (tertiary/aromatic N) is 2. The van der Waals surface area contributed by atoms with Crippen molar-refractivity contribution in [2.45, 2.75) is 17.4 Å². The van der Waals surface area contributed by atoms with E-state index in [4.69, 9.17) is 0 Å². The van der Waals surface area contributed by atoms with Gasteiger partial charge in [0, 0.05) is 20.6 Å². The molecule has 4 amide bonds. The van der Waals surface area contributed by atoms with E-state index in [1.165, 1.54) is 14.1 Å². The number of carbonyl (C=O) groups is 3. The van der Waals surface area contributed by atoms with Crippen LogP contribution in [0.25, 0.3) is 0 Å². The van der Waals surface area contributed by atoms with Crippen LogP contribution in [0, 0.1) is 5.82 Å².